The lowest BCUT2D eigenvalue weighted by Crippen LogP contribution is -2.47. The van der Waals surface area contributed by atoms with E-state index in [1.165, 1.54) is 11.3 Å². The molecule has 35 heavy (non-hydrogen) atoms. The highest BCUT2D eigenvalue weighted by Gasteiger charge is 2.24. The zero-order chi connectivity index (χ0) is 24.4. The van der Waals surface area contributed by atoms with Gasteiger partial charge in [-0.2, -0.15) is 0 Å². The third-order valence-electron chi connectivity index (χ3n) is 6.00. The van der Waals surface area contributed by atoms with Gasteiger partial charge in [0, 0.05) is 37.3 Å². The average Bonchev–Trinajstić information content (AvgIpc) is 3.62. The van der Waals surface area contributed by atoms with E-state index in [2.05, 4.69) is 34.3 Å². The van der Waals surface area contributed by atoms with Gasteiger partial charge in [0.05, 0.1) is 22.0 Å². The van der Waals surface area contributed by atoms with E-state index in [0.29, 0.717) is 39.8 Å². The van der Waals surface area contributed by atoms with Crippen LogP contribution in [0, 0.1) is 0 Å². The number of furan rings is 1. The number of nitrogens with one attached hydrogen (secondary N) is 1. The van der Waals surface area contributed by atoms with Crippen molar-refractivity contribution < 1.29 is 18.5 Å². The first kappa shape index (κ1) is 23.7. The van der Waals surface area contributed by atoms with Crippen LogP contribution in [-0.4, -0.2) is 51.1 Å². The molecule has 4 aromatic rings. The van der Waals surface area contributed by atoms with E-state index in [0.717, 1.165) is 30.8 Å². The maximum absolute atomic E-state index is 12.6. The molecule has 0 aromatic carbocycles. The van der Waals surface area contributed by atoms with Gasteiger partial charge in [0.15, 0.2) is 11.5 Å². The lowest BCUT2D eigenvalue weighted by Gasteiger charge is -2.34. The molecule has 4 aromatic heterocycles. The fourth-order valence-corrected chi connectivity index (χ4v) is 5.13. The Morgan fingerprint density at radius 1 is 1.26 bits per heavy atom. The van der Waals surface area contributed by atoms with Crippen molar-refractivity contribution in [3.8, 4) is 28.0 Å². The number of likely N-dealkylation sites (tertiary alicyclic amines) is 1. The summed E-state index contributed by atoms with van der Waals surface area (Å²) in [7, 11) is 0. The average molecular weight is 516 g/mol. The lowest BCUT2D eigenvalue weighted by atomic mass is 10.0. The molecule has 1 saturated heterocycles. The smallest absolute Gasteiger partial charge is 0.414 e. The topological polar surface area (TPSA) is 98.6 Å². The maximum Gasteiger partial charge on any atom is 0.414 e. The lowest BCUT2D eigenvalue weighted by molar-refractivity contribution is 0.151. The molecule has 1 amide bonds. The first-order valence-corrected chi connectivity index (χ1v) is 12.7. The number of piperidine rings is 1. The number of amides is 1. The quantitative estimate of drug-likeness (QED) is 0.346. The Kier molecular flexibility index (Phi) is 6.94. The molecule has 0 spiro atoms. The van der Waals surface area contributed by atoms with Crippen LogP contribution in [0.15, 0.2) is 51.6 Å². The SMILES string of the molecule is CC(C)N1CCC(NC(=O)Oc2cc(-c3ccco3)n(Cc3cc(-c4ccc(Cl)s4)on3)n2)CC1. The Morgan fingerprint density at radius 2 is 2.09 bits per heavy atom. The number of hydrogen-bond donors (Lipinski definition) is 1. The number of halogens is 1. The summed E-state index contributed by atoms with van der Waals surface area (Å²) in [6.07, 6.45) is 2.85. The normalized spacial score (nSPS) is 15.1. The number of thiophene rings is 1. The molecule has 0 aliphatic carbocycles. The molecule has 5 heterocycles. The molecule has 0 saturated carbocycles. The maximum atomic E-state index is 12.6. The second kappa shape index (κ2) is 10.3. The minimum Gasteiger partial charge on any atom is -0.463 e. The third kappa shape index (κ3) is 5.61. The predicted octanol–water partition coefficient (Wildman–Crippen LogP) is 5.52. The zero-order valence-corrected chi connectivity index (χ0v) is 21.0. The molecule has 184 valence electrons. The summed E-state index contributed by atoms with van der Waals surface area (Å²) in [5.41, 5.74) is 1.32. The van der Waals surface area contributed by atoms with Gasteiger partial charge < -0.3 is 23.9 Å². The second-order valence-electron chi connectivity index (χ2n) is 8.73. The summed E-state index contributed by atoms with van der Waals surface area (Å²) < 4.78 is 18.9. The van der Waals surface area contributed by atoms with E-state index in [9.17, 15) is 4.79 Å². The van der Waals surface area contributed by atoms with Crippen molar-refractivity contribution in [3.05, 3.63) is 52.7 Å². The monoisotopic (exact) mass is 515 g/mol. The van der Waals surface area contributed by atoms with Crippen LogP contribution in [-0.2, 0) is 6.54 Å². The Balaban J connectivity index is 1.28. The van der Waals surface area contributed by atoms with Crippen molar-refractivity contribution in [1.29, 1.82) is 0 Å². The van der Waals surface area contributed by atoms with Crippen LogP contribution < -0.4 is 10.1 Å². The zero-order valence-electron chi connectivity index (χ0n) is 19.4. The number of rotatable bonds is 7. The van der Waals surface area contributed by atoms with Crippen molar-refractivity contribution in [2.24, 2.45) is 0 Å². The molecule has 5 rings (SSSR count). The largest absolute Gasteiger partial charge is 0.463 e. The third-order valence-corrected chi connectivity index (χ3v) is 7.24. The highest BCUT2D eigenvalue weighted by molar-refractivity contribution is 7.19. The Labute approximate surface area is 211 Å². The molecule has 0 unspecified atom stereocenters. The Hall–Kier alpha value is -3.08. The van der Waals surface area contributed by atoms with Crippen LogP contribution in [0.25, 0.3) is 22.1 Å². The van der Waals surface area contributed by atoms with Crippen molar-refractivity contribution in [2.45, 2.75) is 45.3 Å². The molecule has 0 bridgehead atoms. The van der Waals surface area contributed by atoms with Crippen LogP contribution in [0.1, 0.15) is 32.4 Å². The number of aromatic nitrogens is 3. The van der Waals surface area contributed by atoms with Crippen molar-refractivity contribution in [1.82, 2.24) is 25.2 Å². The van der Waals surface area contributed by atoms with Gasteiger partial charge in [0.1, 0.15) is 11.4 Å². The van der Waals surface area contributed by atoms with Gasteiger partial charge in [-0.3, -0.25) is 4.68 Å². The summed E-state index contributed by atoms with van der Waals surface area (Å²) in [6, 6.07) is 11.4. The number of nitrogens with zero attached hydrogens (tertiary/aromatic N) is 4. The second-order valence-corrected chi connectivity index (χ2v) is 10.4. The minimum absolute atomic E-state index is 0.0865. The molecular weight excluding hydrogens is 490 g/mol. The summed E-state index contributed by atoms with van der Waals surface area (Å²) >= 11 is 7.45. The predicted molar refractivity (Wildman–Crippen MR) is 133 cm³/mol. The van der Waals surface area contributed by atoms with E-state index in [1.807, 2.05) is 24.3 Å². The minimum atomic E-state index is -0.512. The van der Waals surface area contributed by atoms with E-state index in [1.54, 1.807) is 23.1 Å². The Morgan fingerprint density at radius 3 is 2.77 bits per heavy atom. The standard InChI is InChI=1S/C24H26ClN5O4S/c1-15(2)29-9-7-16(8-10-29)26-24(31)33-23-13-18(19-4-3-11-32-19)30(27-23)14-17-12-20(34-28-17)21-5-6-22(25)35-21/h3-6,11-13,15-16H,7-10,14H2,1-2H3,(H,26,31). The van der Waals surface area contributed by atoms with E-state index < -0.39 is 6.09 Å². The van der Waals surface area contributed by atoms with E-state index >= 15 is 0 Å². The molecule has 0 radical (unpaired) electrons. The van der Waals surface area contributed by atoms with Gasteiger partial charge in [-0.25, -0.2) is 4.79 Å². The first-order valence-electron chi connectivity index (χ1n) is 11.5. The van der Waals surface area contributed by atoms with Crippen LogP contribution in [0.5, 0.6) is 5.88 Å². The van der Waals surface area contributed by atoms with Gasteiger partial charge in [0.25, 0.3) is 0 Å². The van der Waals surface area contributed by atoms with Crippen LogP contribution in [0.2, 0.25) is 4.34 Å². The number of carbonyl (C=O) groups is 1. The summed E-state index contributed by atoms with van der Waals surface area (Å²) in [5.74, 6) is 1.41. The highest BCUT2D eigenvalue weighted by Crippen LogP contribution is 2.32. The van der Waals surface area contributed by atoms with E-state index in [-0.39, 0.29) is 11.9 Å². The number of ether oxygens (including phenoxy) is 1. The van der Waals surface area contributed by atoms with Gasteiger partial charge >= 0.3 is 6.09 Å². The van der Waals surface area contributed by atoms with Gasteiger partial charge in [-0.1, -0.05) is 16.8 Å². The summed E-state index contributed by atoms with van der Waals surface area (Å²) in [4.78, 5) is 15.9. The van der Waals surface area contributed by atoms with E-state index in [4.69, 9.17) is 25.3 Å². The first-order chi connectivity index (χ1) is 16.9. The van der Waals surface area contributed by atoms with Crippen LogP contribution in [0.4, 0.5) is 4.79 Å². The Bertz CT molecular complexity index is 1270. The molecule has 1 aliphatic rings. The van der Waals surface area contributed by atoms with Crippen LogP contribution in [0.3, 0.4) is 0 Å². The molecule has 1 aliphatic heterocycles. The van der Waals surface area contributed by atoms with Crippen molar-refractivity contribution in [3.63, 3.8) is 0 Å². The van der Waals surface area contributed by atoms with Crippen molar-refractivity contribution >= 4 is 29.0 Å². The molecule has 1 N–H and O–H groups in total. The molecule has 0 atom stereocenters. The van der Waals surface area contributed by atoms with Gasteiger partial charge in [-0.15, -0.1) is 16.4 Å². The fourth-order valence-electron chi connectivity index (χ4n) is 4.14. The van der Waals surface area contributed by atoms with Gasteiger partial charge in [0.2, 0.25) is 5.88 Å². The molecular formula is C24H26ClN5O4S. The number of hydrogen-bond acceptors (Lipinski definition) is 8. The summed E-state index contributed by atoms with van der Waals surface area (Å²) in [6.45, 7) is 6.59. The molecule has 9 nitrogen and oxygen atoms in total. The molecule has 1 fully saturated rings. The fraction of sp³-hybridized carbons (Fsp3) is 0.375. The van der Waals surface area contributed by atoms with Gasteiger partial charge in [-0.05, 0) is 51.0 Å². The van der Waals surface area contributed by atoms with Crippen LogP contribution >= 0.6 is 22.9 Å². The molecule has 11 heteroatoms. The highest BCUT2D eigenvalue weighted by atomic mass is 35.5. The van der Waals surface area contributed by atoms with Crippen molar-refractivity contribution in [2.75, 3.05) is 13.1 Å². The number of carbonyl (C=O) groups excluding carboxylic acids is 1. The summed E-state index contributed by atoms with van der Waals surface area (Å²) in [5, 5.41) is 11.6.